The van der Waals surface area contributed by atoms with Gasteiger partial charge in [-0.2, -0.15) is 0 Å². The Morgan fingerprint density at radius 1 is 1.10 bits per heavy atom. The summed E-state index contributed by atoms with van der Waals surface area (Å²) in [4.78, 5) is 24.3. The summed E-state index contributed by atoms with van der Waals surface area (Å²) >= 11 is 1.27. The van der Waals surface area contributed by atoms with Crippen LogP contribution in [0.15, 0.2) is 59.8 Å². The minimum absolute atomic E-state index is 0.113. The fourth-order valence-corrected chi connectivity index (χ4v) is 3.77. The number of para-hydroxylation sites is 2. The van der Waals surface area contributed by atoms with Gasteiger partial charge in [-0.3, -0.25) is 4.79 Å². The summed E-state index contributed by atoms with van der Waals surface area (Å²) in [5, 5.41) is 11.9. The van der Waals surface area contributed by atoms with Crippen molar-refractivity contribution in [1.29, 1.82) is 0 Å². The molecule has 3 aromatic rings. The number of aromatic nitrogens is 3. The molecule has 0 radical (unpaired) electrons. The quantitative estimate of drug-likeness (QED) is 0.397. The van der Waals surface area contributed by atoms with Crippen molar-refractivity contribution in [3.05, 3.63) is 66.0 Å². The molecule has 0 aliphatic carbocycles. The van der Waals surface area contributed by atoms with Gasteiger partial charge >= 0.3 is 5.97 Å². The Morgan fingerprint density at radius 2 is 1.81 bits per heavy atom. The number of ether oxygens (including phenoxy) is 2. The second kappa shape index (κ2) is 10.6. The van der Waals surface area contributed by atoms with Gasteiger partial charge in [-0.15, -0.1) is 10.2 Å². The second-order valence-electron chi connectivity index (χ2n) is 6.53. The van der Waals surface area contributed by atoms with Gasteiger partial charge < -0.3 is 19.4 Å². The number of thioether (sulfide) groups is 1. The molecule has 1 amide bonds. The number of methoxy groups -OCH3 is 1. The monoisotopic (exact) mass is 440 g/mol. The highest BCUT2D eigenvalue weighted by Gasteiger charge is 2.20. The molecule has 0 aliphatic heterocycles. The number of rotatable bonds is 9. The maximum Gasteiger partial charge on any atom is 0.339 e. The maximum absolute atomic E-state index is 12.5. The summed E-state index contributed by atoms with van der Waals surface area (Å²) in [5.41, 5.74) is 0.705. The molecule has 31 heavy (non-hydrogen) atoms. The highest BCUT2D eigenvalue weighted by molar-refractivity contribution is 7.99. The van der Waals surface area contributed by atoms with Crippen LogP contribution in [0.2, 0.25) is 0 Å². The smallest absolute Gasteiger partial charge is 0.339 e. The molecule has 0 bridgehead atoms. The van der Waals surface area contributed by atoms with Gasteiger partial charge in [0.15, 0.2) is 17.1 Å². The van der Waals surface area contributed by atoms with E-state index < -0.39 is 5.97 Å². The fraction of sp³-hybridized carbons (Fsp3) is 0.273. The van der Waals surface area contributed by atoms with E-state index in [2.05, 4.69) is 15.5 Å². The Labute approximate surface area is 185 Å². The molecular formula is C22H24N4O4S. The average Bonchev–Trinajstić information content (AvgIpc) is 3.21. The lowest BCUT2D eigenvalue weighted by Gasteiger charge is -2.15. The Morgan fingerprint density at radius 3 is 2.52 bits per heavy atom. The number of benzene rings is 2. The van der Waals surface area contributed by atoms with Crippen molar-refractivity contribution in [3.63, 3.8) is 0 Å². The van der Waals surface area contributed by atoms with Gasteiger partial charge in [-0.25, -0.2) is 4.79 Å². The number of nitrogens with zero attached hydrogens (tertiary/aromatic N) is 3. The molecule has 0 aliphatic rings. The Hall–Kier alpha value is -3.33. The van der Waals surface area contributed by atoms with Gasteiger partial charge in [0.2, 0.25) is 5.91 Å². The number of amides is 1. The van der Waals surface area contributed by atoms with Crippen LogP contribution in [-0.4, -0.2) is 39.5 Å². The van der Waals surface area contributed by atoms with Crippen LogP contribution in [0.4, 0.5) is 5.69 Å². The van der Waals surface area contributed by atoms with E-state index in [4.69, 9.17) is 9.47 Å². The van der Waals surface area contributed by atoms with Crippen LogP contribution in [0.5, 0.6) is 5.75 Å². The molecule has 2 aromatic carbocycles. The van der Waals surface area contributed by atoms with Gasteiger partial charge in [0.1, 0.15) is 5.75 Å². The van der Waals surface area contributed by atoms with Crippen LogP contribution in [0.3, 0.4) is 0 Å². The van der Waals surface area contributed by atoms with Crippen molar-refractivity contribution in [2.75, 3.05) is 18.2 Å². The molecule has 1 aromatic heterocycles. The number of hydrogen-bond acceptors (Lipinski definition) is 7. The van der Waals surface area contributed by atoms with Gasteiger partial charge in [-0.05, 0) is 38.1 Å². The van der Waals surface area contributed by atoms with Crippen molar-refractivity contribution >= 4 is 29.3 Å². The predicted molar refractivity (Wildman–Crippen MR) is 118 cm³/mol. The molecule has 9 heteroatoms. The molecule has 8 nitrogen and oxygen atoms in total. The summed E-state index contributed by atoms with van der Waals surface area (Å²) in [6.07, 6.45) is -0.301. The van der Waals surface area contributed by atoms with Crippen LogP contribution < -0.4 is 10.1 Å². The molecule has 3 rings (SSSR count). The second-order valence-corrected chi connectivity index (χ2v) is 7.47. The van der Waals surface area contributed by atoms with Crippen LogP contribution in [-0.2, 0) is 16.1 Å². The zero-order valence-electron chi connectivity index (χ0n) is 17.6. The van der Waals surface area contributed by atoms with E-state index >= 15 is 0 Å². The lowest BCUT2D eigenvalue weighted by Crippen LogP contribution is -2.17. The van der Waals surface area contributed by atoms with Crippen molar-refractivity contribution in [3.8, 4) is 5.75 Å². The lowest BCUT2D eigenvalue weighted by atomic mass is 10.2. The topological polar surface area (TPSA) is 95.3 Å². The first kappa shape index (κ1) is 22.4. The molecule has 0 saturated heterocycles. The maximum atomic E-state index is 12.5. The average molecular weight is 441 g/mol. The van der Waals surface area contributed by atoms with Gasteiger partial charge in [0.05, 0.1) is 24.1 Å². The SMILES string of the molecule is CCn1c(SCC(=O)Nc2ccccc2C(=O)OC)nnc1[C@H](C)Oc1ccccc1. The molecule has 1 atom stereocenters. The van der Waals surface area contributed by atoms with E-state index in [0.717, 1.165) is 5.75 Å². The van der Waals surface area contributed by atoms with E-state index in [1.54, 1.807) is 24.3 Å². The number of anilines is 1. The van der Waals surface area contributed by atoms with Crippen LogP contribution in [0, 0.1) is 0 Å². The van der Waals surface area contributed by atoms with Crippen molar-refractivity contribution in [1.82, 2.24) is 14.8 Å². The molecule has 0 spiro atoms. The molecule has 0 fully saturated rings. The van der Waals surface area contributed by atoms with Crippen LogP contribution in [0.1, 0.15) is 36.1 Å². The highest BCUT2D eigenvalue weighted by atomic mass is 32.2. The molecule has 0 unspecified atom stereocenters. The Bertz CT molecular complexity index is 1040. The van der Waals surface area contributed by atoms with Crippen molar-refractivity contribution < 1.29 is 19.1 Å². The first-order chi connectivity index (χ1) is 15.0. The first-order valence-corrected chi connectivity index (χ1v) is 10.8. The summed E-state index contributed by atoms with van der Waals surface area (Å²) in [6.45, 7) is 4.53. The third kappa shape index (κ3) is 5.64. The van der Waals surface area contributed by atoms with Crippen molar-refractivity contribution in [2.45, 2.75) is 31.7 Å². The summed E-state index contributed by atoms with van der Waals surface area (Å²) in [5.74, 6) is 0.777. The number of carbonyl (C=O) groups excluding carboxylic acids is 2. The summed E-state index contributed by atoms with van der Waals surface area (Å²) < 4.78 is 12.6. The lowest BCUT2D eigenvalue weighted by molar-refractivity contribution is -0.113. The first-order valence-electron chi connectivity index (χ1n) is 9.78. The minimum Gasteiger partial charge on any atom is -0.483 e. The van der Waals surface area contributed by atoms with Crippen molar-refractivity contribution in [2.24, 2.45) is 0 Å². The van der Waals surface area contributed by atoms with Gasteiger partial charge in [0.25, 0.3) is 0 Å². The number of nitrogens with one attached hydrogen (secondary N) is 1. The zero-order valence-corrected chi connectivity index (χ0v) is 18.4. The zero-order chi connectivity index (χ0) is 22.2. The number of esters is 1. The summed E-state index contributed by atoms with van der Waals surface area (Å²) in [6, 6.07) is 16.2. The van der Waals surface area contributed by atoms with E-state index in [-0.39, 0.29) is 17.8 Å². The van der Waals surface area contributed by atoms with E-state index in [9.17, 15) is 9.59 Å². The van der Waals surface area contributed by atoms with Crippen LogP contribution in [0.25, 0.3) is 0 Å². The summed E-state index contributed by atoms with van der Waals surface area (Å²) in [7, 11) is 1.30. The third-order valence-corrected chi connectivity index (χ3v) is 5.39. The largest absolute Gasteiger partial charge is 0.483 e. The van der Waals surface area contributed by atoms with Gasteiger partial charge in [-0.1, -0.05) is 42.1 Å². The molecule has 1 heterocycles. The Kier molecular flexibility index (Phi) is 7.66. The molecule has 162 valence electrons. The van der Waals surface area contributed by atoms with Gasteiger partial charge in [0, 0.05) is 6.54 Å². The Balaban J connectivity index is 1.65. The highest BCUT2D eigenvalue weighted by Crippen LogP contribution is 2.25. The number of hydrogen-bond donors (Lipinski definition) is 1. The van der Waals surface area contributed by atoms with Crippen LogP contribution >= 0.6 is 11.8 Å². The third-order valence-electron chi connectivity index (χ3n) is 4.42. The predicted octanol–water partition coefficient (Wildman–Crippen LogP) is 3.96. The van der Waals surface area contributed by atoms with E-state index in [1.165, 1.54) is 18.9 Å². The fourth-order valence-electron chi connectivity index (χ4n) is 2.96. The van der Waals surface area contributed by atoms with E-state index in [0.29, 0.717) is 28.8 Å². The standard InChI is InChI=1S/C22H24N4O4S/c1-4-26-20(15(2)30-16-10-6-5-7-11-16)24-25-22(26)31-14-19(27)23-18-13-9-8-12-17(18)21(28)29-3/h5-13,15H,4,14H2,1-3H3,(H,23,27)/t15-/m0/s1. The normalized spacial score (nSPS) is 11.6. The van der Waals surface area contributed by atoms with E-state index in [1.807, 2.05) is 48.7 Å². The minimum atomic E-state index is -0.508. The molecule has 0 saturated carbocycles. The number of carbonyl (C=O) groups is 2. The molecular weight excluding hydrogens is 416 g/mol. The molecule has 1 N–H and O–H groups in total.